The van der Waals surface area contributed by atoms with Crippen LogP contribution in [0, 0.1) is 11.8 Å². The van der Waals surface area contributed by atoms with Crippen LogP contribution in [-0.4, -0.2) is 59.7 Å². The van der Waals surface area contributed by atoms with Crippen LogP contribution in [0.1, 0.15) is 60.0 Å². The minimum Gasteiger partial charge on any atom is -0.322 e. The largest absolute Gasteiger partial charge is 0.322 e. The van der Waals surface area contributed by atoms with Crippen molar-refractivity contribution in [3.05, 3.63) is 34.9 Å². The molecule has 2 N–H and O–H groups in total. The van der Waals surface area contributed by atoms with Crippen molar-refractivity contribution in [1.29, 1.82) is 0 Å². The number of rotatable bonds is 4. The van der Waals surface area contributed by atoms with Gasteiger partial charge in [-0.25, -0.2) is 0 Å². The van der Waals surface area contributed by atoms with E-state index in [1.807, 2.05) is 6.07 Å². The van der Waals surface area contributed by atoms with Gasteiger partial charge < -0.3 is 10.2 Å². The second kappa shape index (κ2) is 8.71. The summed E-state index contributed by atoms with van der Waals surface area (Å²) in [4.78, 5) is 40.8. The third-order valence-electron chi connectivity index (χ3n) is 7.54. The number of hydrogen-bond acceptors (Lipinski definition) is 5. The highest BCUT2D eigenvalue weighted by molar-refractivity contribution is 6.05. The van der Waals surface area contributed by atoms with Gasteiger partial charge >= 0.3 is 0 Å². The maximum Gasteiger partial charge on any atom is 0.255 e. The molecule has 4 aliphatic rings. The van der Waals surface area contributed by atoms with Crippen LogP contribution >= 0.6 is 0 Å². The lowest BCUT2D eigenvalue weighted by atomic mass is 9.81. The fourth-order valence-electron chi connectivity index (χ4n) is 5.89. The van der Waals surface area contributed by atoms with Crippen LogP contribution in [0.3, 0.4) is 0 Å². The topological polar surface area (TPSA) is 81.8 Å². The first kappa shape index (κ1) is 20.6. The van der Waals surface area contributed by atoms with Crippen LogP contribution in [-0.2, 0) is 22.7 Å². The molecule has 31 heavy (non-hydrogen) atoms. The van der Waals surface area contributed by atoms with E-state index in [1.54, 1.807) is 4.90 Å². The van der Waals surface area contributed by atoms with Gasteiger partial charge in [0.1, 0.15) is 6.04 Å². The van der Waals surface area contributed by atoms with Gasteiger partial charge in [-0.1, -0.05) is 12.1 Å². The highest BCUT2D eigenvalue weighted by atomic mass is 16.2. The molecule has 166 valence electrons. The normalized spacial score (nSPS) is 29.7. The molecule has 4 aliphatic heterocycles. The number of hydrogen-bond donors (Lipinski definition) is 2. The molecule has 7 nitrogen and oxygen atoms in total. The van der Waals surface area contributed by atoms with Crippen molar-refractivity contribution in [2.45, 2.75) is 57.7 Å². The summed E-state index contributed by atoms with van der Waals surface area (Å²) in [6, 6.07) is 5.58. The molecule has 0 aromatic heterocycles. The highest BCUT2D eigenvalue weighted by Crippen LogP contribution is 2.31. The summed E-state index contributed by atoms with van der Waals surface area (Å²) in [5, 5.41) is 5.93. The molecular weight excluding hydrogens is 392 g/mol. The number of fused-ring (bicyclic) bond motifs is 1. The molecule has 0 saturated carbocycles. The van der Waals surface area contributed by atoms with Gasteiger partial charge in [0, 0.05) is 31.6 Å². The first-order valence-corrected chi connectivity index (χ1v) is 11.8. The SMILES string of the molecule is O=C1CCC(N2Cc3cc(CN4CCCC(C5CCCNC5)C4)ccc3C2=O)C(=O)N1. The Bertz CT molecular complexity index is 880. The molecule has 3 fully saturated rings. The Kier molecular flexibility index (Phi) is 5.80. The molecule has 3 amide bonds. The number of nitrogens with one attached hydrogen (secondary N) is 2. The number of imide groups is 1. The Hall–Kier alpha value is -2.25. The minimum atomic E-state index is -0.548. The Morgan fingerprint density at radius 1 is 1.03 bits per heavy atom. The smallest absolute Gasteiger partial charge is 0.255 e. The van der Waals surface area contributed by atoms with Gasteiger partial charge in [0.25, 0.3) is 5.91 Å². The molecule has 4 heterocycles. The summed E-state index contributed by atoms with van der Waals surface area (Å²) in [6.45, 7) is 5.98. The molecule has 3 saturated heterocycles. The van der Waals surface area contributed by atoms with Crippen molar-refractivity contribution in [3.63, 3.8) is 0 Å². The summed E-state index contributed by atoms with van der Waals surface area (Å²) in [5.41, 5.74) is 2.93. The average molecular weight is 425 g/mol. The van der Waals surface area contributed by atoms with E-state index in [2.05, 4.69) is 27.7 Å². The summed E-state index contributed by atoms with van der Waals surface area (Å²) in [7, 11) is 0. The van der Waals surface area contributed by atoms with Gasteiger partial charge in [-0.2, -0.15) is 0 Å². The summed E-state index contributed by atoms with van der Waals surface area (Å²) >= 11 is 0. The van der Waals surface area contributed by atoms with Crippen molar-refractivity contribution in [2.24, 2.45) is 11.8 Å². The van der Waals surface area contributed by atoms with Gasteiger partial charge in [0.15, 0.2) is 0 Å². The van der Waals surface area contributed by atoms with E-state index in [1.165, 1.54) is 31.2 Å². The van der Waals surface area contributed by atoms with Crippen LogP contribution in [0.4, 0.5) is 0 Å². The summed E-state index contributed by atoms with van der Waals surface area (Å²) in [5.74, 6) is 0.876. The third-order valence-corrected chi connectivity index (χ3v) is 7.54. The van der Waals surface area contributed by atoms with Crippen LogP contribution in [0.25, 0.3) is 0 Å². The van der Waals surface area contributed by atoms with Crippen LogP contribution in [0.15, 0.2) is 18.2 Å². The average Bonchev–Trinajstić information content (AvgIpc) is 3.10. The fraction of sp³-hybridized carbons (Fsp3) is 0.625. The zero-order valence-corrected chi connectivity index (χ0v) is 18.1. The maximum absolute atomic E-state index is 12.9. The van der Waals surface area contributed by atoms with E-state index >= 15 is 0 Å². The Balaban J connectivity index is 1.24. The third kappa shape index (κ3) is 4.26. The lowest BCUT2D eigenvalue weighted by Crippen LogP contribution is -2.52. The summed E-state index contributed by atoms with van der Waals surface area (Å²) < 4.78 is 0. The van der Waals surface area contributed by atoms with E-state index in [0.717, 1.165) is 50.1 Å². The van der Waals surface area contributed by atoms with E-state index in [4.69, 9.17) is 0 Å². The number of carbonyl (C=O) groups is 3. The Morgan fingerprint density at radius 2 is 1.90 bits per heavy atom. The molecule has 7 heteroatoms. The van der Waals surface area contributed by atoms with Crippen LogP contribution in [0.2, 0.25) is 0 Å². The quantitative estimate of drug-likeness (QED) is 0.719. The fourth-order valence-corrected chi connectivity index (χ4v) is 5.89. The number of amides is 3. The zero-order valence-electron chi connectivity index (χ0n) is 18.1. The van der Waals surface area contributed by atoms with Crippen molar-refractivity contribution < 1.29 is 14.4 Å². The van der Waals surface area contributed by atoms with E-state index in [9.17, 15) is 14.4 Å². The molecule has 0 aliphatic carbocycles. The van der Waals surface area contributed by atoms with E-state index in [-0.39, 0.29) is 24.1 Å². The number of likely N-dealkylation sites (tertiary alicyclic amines) is 1. The highest BCUT2D eigenvalue weighted by Gasteiger charge is 2.39. The van der Waals surface area contributed by atoms with E-state index < -0.39 is 6.04 Å². The van der Waals surface area contributed by atoms with Crippen molar-refractivity contribution in [3.8, 4) is 0 Å². The Labute approximate surface area is 183 Å². The molecule has 0 bridgehead atoms. The minimum absolute atomic E-state index is 0.0983. The predicted octanol–water partition coefficient (Wildman–Crippen LogP) is 1.66. The second-order valence-corrected chi connectivity index (χ2v) is 9.64. The zero-order chi connectivity index (χ0) is 21.4. The van der Waals surface area contributed by atoms with Gasteiger partial charge in [-0.05, 0) is 80.8 Å². The molecule has 0 spiro atoms. The lowest BCUT2D eigenvalue weighted by Gasteiger charge is -2.38. The monoisotopic (exact) mass is 424 g/mol. The first-order valence-electron chi connectivity index (χ1n) is 11.8. The Morgan fingerprint density at radius 3 is 2.71 bits per heavy atom. The first-order chi connectivity index (χ1) is 15.1. The van der Waals surface area contributed by atoms with E-state index in [0.29, 0.717) is 18.5 Å². The molecule has 5 rings (SSSR count). The number of piperidine rings is 3. The number of carbonyl (C=O) groups excluding carboxylic acids is 3. The molecule has 3 unspecified atom stereocenters. The maximum atomic E-state index is 12.9. The second-order valence-electron chi connectivity index (χ2n) is 9.64. The van der Waals surface area contributed by atoms with Crippen molar-refractivity contribution in [1.82, 2.24) is 20.4 Å². The lowest BCUT2D eigenvalue weighted by molar-refractivity contribution is -0.136. The van der Waals surface area contributed by atoms with Gasteiger partial charge in [-0.15, -0.1) is 0 Å². The van der Waals surface area contributed by atoms with Crippen LogP contribution in [0.5, 0.6) is 0 Å². The molecule has 1 aromatic carbocycles. The number of nitrogens with zero attached hydrogens (tertiary/aromatic N) is 2. The van der Waals surface area contributed by atoms with Gasteiger partial charge in [0.2, 0.25) is 11.8 Å². The van der Waals surface area contributed by atoms with Gasteiger partial charge in [0.05, 0.1) is 0 Å². The predicted molar refractivity (Wildman–Crippen MR) is 116 cm³/mol. The summed E-state index contributed by atoms with van der Waals surface area (Å²) in [6.07, 6.45) is 5.93. The molecular formula is C24H32N4O3. The molecule has 3 atom stereocenters. The standard InChI is InChI=1S/C24H32N4O3/c29-22-8-7-21(23(30)26-22)28-15-19-11-16(5-6-20(19)24(28)31)13-27-10-2-4-18(14-27)17-3-1-9-25-12-17/h5-6,11,17-18,21,25H,1-4,7-10,12-15H2,(H,26,29,30). The van der Waals surface area contributed by atoms with Crippen LogP contribution < -0.4 is 10.6 Å². The van der Waals surface area contributed by atoms with Crippen molar-refractivity contribution in [2.75, 3.05) is 26.2 Å². The molecule has 0 radical (unpaired) electrons. The number of benzene rings is 1. The van der Waals surface area contributed by atoms with Crippen molar-refractivity contribution >= 4 is 17.7 Å². The molecule has 1 aromatic rings. The van der Waals surface area contributed by atoms with Gasteiger partial charge in [-0.3, -0.25) is 24.6 Å².